The van der Waals surface area contributed by atoms with Crippen molar-refractivity contribution in [2.75, 3.05) is 11.9 Å². The molecule has 0 saturated heterocycles. The van der Waals surface area contributed by atoms with Gasteiger partial charge in [-0.25, -0.2) is 0 Å². The molecule has 1 aliphatic heterocycles. The number of para-hydroxylation sites is 1. The number of benzene rings is 3. The van der Waals surface area contributed by atoms with E-state index in [9.17, 15) is 0 Å². The molecule has 0 bridgehead atoms. The monoisotopic (exact) mass is 371 g/mol. The van der Waals surface area contributed by atoms with Crippen LogP contribution in [-0.4, -0.2) is 7.05 Å². The summed E-state index contributed by atoms with van der Waals surface area (Å²) >= 11 is 1.77. The van der Waals surface area contributed by atoms with Gasteiger partial charge in [-0.1, -0.05) is 59.9 Å². The van der Waals surface area contributed by atoms with Crippen LogP contribution < -0.4 is 14.2 Å². The van der Waals surface area contributed by atoms with Crippen molar-refractivity contribution in [2.24, 2.45) is 7.05 Å². The Morgan fingerprint density at radius 2 is 1.70 bits per heavy atom. The Balaban J connectivity index is 1.53. The number of hydrogen-bond acceptors (Lipinski definition) is 3. The van der Waals surface area contributed by atoms with Crippen LogP contribution in [0.1, 0.15) is 5.01 Å². The Hall–Kier alpha value is -3.11. The van der Waals surface area contributed by atoms with Crippen LogP contribution in [0.2, 0.25) is 0 Å². The number of hydrogen-bond donors (Lipinski definition) is 0. The number of aromatic nitrogens is 1. The summed E-state index contributed by atoms with van der Waals surface area (Å²) in [5, 5.41) is 1.16. The van der Waals surface area contributed by atoms with Crippen LogP contribution >= 0.6 is 11.3 Å². The molecule has 4 aromatic rings. The molecule has 1 aromatic heterocycles. The van der Waals surface area contributed by atoms with Crippen molar-refractivity contribution in [3.05, 3.63) is 83.7 Å². The van der Waals surface area contributed by atoms with Gasteiger partial charge in [-0.15, -0.1) is 0 Å². The fourth-order valence-electron chi connectivity index (χ4n) is 3.45. The van der Waals surface area contributed by atoms with Crippen LogP contribution in [0.15, 0.2) is 78.7 Å². The van der Waals surface area contributed by atoms with Crippen molar-refractivity contribution in [1.29, 1.82) is 0 Å². The lowest BCUT2D eigenvalue weighted by atomic mass is 10.0. The molecular weight excluding hydrogens is 352 g/mol. The third-order valence-corrected chi connectivity index (χ3v) is 6.16. The summed E-state index contributed by atoms with van der Waals surface area (Å²) in [7, 11) is 4.15. The van der Waals surface area contributed by atoms with E-state index in [0.29, 0.717) is 0 Å². The number of ether oxygens (including phenoxy) is 1. The molecule has 0 atom stereocenters. The van der Waals surface area contributed by atoms with Crippen LogP contribution in [0.3, 0.4) is 0 Å². The Morgan fingerprint density at radius 1 is 0.926 bits per heavy atom. The summed E-state index contributed by atoms with van der Waals surface area (Å²) in [6.45, 7) is 0. The van der Waals surface area contributed by atoms with Crippen molar-refractivity contribution < 1.29 is 9.30 Å². The van der Waals surface area contributed by atoms with Crippen molar-refractivity contribution in [2.45, 2.75) is 0 Å². The third kappa shape index (κ3) is 2.69. The van der Waals surface area contributed by atoms with E-state index in [1.165, 1.54) is 21.3 Å². The van der Waals surface area contributed by atoms with Gasteiger partial charge in [0.1, 0.15) is 11.7 Å². The molecule has 0 N–H and O–H groups in total. The van der Waals surface area contributed by atoms with Gasteiger partial charge in [-0.2, -0.15) is 4.57 Å². The molecule has 5 rings (SSSR count). The highest BCUT2D eigenvalue weighted by Crippen LogP contribution is 2.41. The highest BCUT2D eigenvalue weighted by atomic mass is 32.1. The first-order valence-electron chi connectivity index (χ1n) is 8.91. The van der Waals surface area contributed by atoms with E-state index < -0.39 is 0 Å². The average molecular weight is 371 g/mol. The summed E-state index contributed by atoms with van der Waals surface area (Å²) in [5.74, 6) is 1.74. The normalized spacial score (nSPS) is 14.6. The lowest BCUT2D eigenvalue weighted by molar-refractivity contribution is -0.642. The molecule has 3 aromatic carbocycles. The number of fused-ring (bicyclic) bond motifs is 2. The Bertz CT molecular complexity index is 1180. The van der Waals surface area contributed by atoms with E-state index in [0.717, 1.165) is 22.3 Å². The van der Waals surface area contributed by atoms with Gasteiger partial charge in [-0.3, -0.25) is 0 Å². The predicted octanol–water partition coefficient (Wildman–Crippen LogP) is 5.22. The zero-order valence-corrected chi connectivity index (χ0v) is 16.0. The Labute approximate surface area is 162 Å². The molecule has 132 valence electrons. The second-order valence-electron chi connectivity index (χ2n) is 6.66. The van der Waals surface area contributed by atoms with Crippen LogP contribution in [0.4, 0.5) is 5.69 Å². The second-order valence-corrected chi connectivity index (χ2v) is 7.72. The van der Waals surface area contributed by atoms with E-state index in [2.05, 4.69) is 96.4 Å². The van der Waals surface area contributed by atoms with Crippen LogP contribution in [0.5, 0.6) is 5.75 Å². The SMILES string of the molecule is CN1C(=Cc2sc3ccccc3[n+]2C)Oc2ccc(-c3ccccc3)cc21. The molecule has 4 heteroatoms. The van der Waals surface area contributed by atoms with E-state index in [1.807, 2.05) is 6.07 Å². The molecule has 0 aliphatic carbocycles. The average Bonchev–Trinajstić information content (AvgIpc) is 3.20. The minimum absolute atomic E-state index is 0.845. The van der Waals surface area contributed by atoms with E-state index in [1.54, 1.807) is 11.3 Å². The van der Waals surface area contributed by atoms with Gasteiger partial charge in [0.2, 0.25) is 11.4 Å². The molecule has 27 heavy (non-hydrogen) atoms. The standard InChI is InChI=1S/C23H19N2OS/c1-24-19-14-17(16-8-4-3-5-9-16)12-13-20(19)26-22(24)15-23-25(2)18-10-6-7-11-21(18)27-23/h3-15H,1-2H3/q+1. The molecule has 0 spiro atoms. The lowest BCUT2D eigenvalue weighted by Crippen LogP contribution is -2.29. The minimum atomic E-state index is 0.845. The van der Waals surface area contributed by atoms with Gasteiger partial charge in [0, 0.05) is 13.1 Å². The molecule has 3 nitrogen and oxygen atoms in total. The van der Waals surface area contributed by atoms with Gasteiger partial charge in [0.25, 0.3) is 5.01 Å². The largest absolute Gasteiger partial charge is 0.438 e. The number of anilines is 1. The maximum absolute atomic E-state index is 6.15. The van der Waals surface area contributed by atoms with Gasteiger partial charge in [0.15, 0.2) is 5.75 Å². The van der Waals surface area contributed by atoms with E-state index >= 15 is 0 Å². The molecule has 0 radical (unpaired) electrons. The first kappa shape index (κ1) is 16.1. The summed E-state index contributed by atoms with van der Waals surface area (Å²) in [4.78, 5) is 2.12. The summed E-state index contributed by atoms with van der Waals surface area (Å²) in [6.07, 6.45) is 2.12. The molecular formula is C23H19N2OS+. The first-order valence-corrected chi connectivity index (χ1v) is 9.73. The van der Waals surface area contributed by atoms with Gasteiger partial charge >= 0.3 is 0 Å². The molecule has 0 amide bonds. The minimum Gasteiger partial charge on any atom is -0.438 e. The Morgan fingerprint density at radius 3 is 2.52 bits per heavy atom. The number of rotatable bonds is 2. The van der Waals surface area contributed by atoms with Crippen molar-refractivity contribution in [1.82, 2.24) is 0 Å². The third-order valence-electron chi connectivity index (χ3n) is 4.99. The predicted molar refractivity (Wildman–Crippen MR) is 112 cm³/mol. The first-order chi connectivity index (χ1) is 13.2. The number of thiazole rings is 1. The summed E-state index contributed by atoms with van der Waals surface area (Å²) in [6, 6.07) is 25.2. The highest BCUT2D eigenvalue weighted by Gasteiger charge is 2.26. The quantitative estimate of drug-likeness (QED) is 0.449. The molecule has 2 heterocycles. The molecule has 0 saturated carbocycles. The number of nitrogens with zero attached hydrogens (tertiary/aromatic N) is 2. The Kier molecular flexibility index (Phi) is 3.73. The highest BCUT2D eigenvalue weighted by molar-refractivity contribution is 7.18. The van der Waals surface area contributed by atoms with Crippen LogP contribution in [0, 0.1) is 0 Å². The van der Waals surface area contributed by atoms with Crippen LogP contribution in [0.25, 0.3) is 27.4 Å². The van der Waals surface area contributed by atoms with Crippen molar-refractivity contribution in [3.63, 3.8) is 0 Å². The van der Waals surface area contributed by atoms with Gasteiger partial charge in [-0.05, 0) is 29.3 Å². The molecule has 0 fully saturated rings. The van der Waals surface area contributed by atoms with Gasteiger partial charge < -0.3 is 9.64 Å². The lowest BCUT2D eigenvalue weighted by Gasteiger charge is -2.11. The van der Waals surface area contributed by atoms with Crippen molar-refractivity contribution >= 4 is 33.3 Å². The molecule has 1 aliphatic rings. The topological polar surface area (TPSA) is 16.4 Å². The summed E-state index contributed by atoms with van der Waals surface area (Å²) in [5.41, 5.74) is 4.73. The number of aryl methyl sites for hydroxylation is 1. The van der Waals surface area contributed by atoms with E-state index in [4.69, 9.17) is 4.74 Å². The van der Waals surface area contributed by atoms with Crippen molar-refractivity contribution in [3.8, 4) is 16.9 Å². The van der Waals surface area contributed by atoms with Gasteiger partial charge in [0.05, 0.1) is 11.8 Å². The zero-order chi connectivity index (χ0) is 18.4. The molecule has 0 unspecified atom stereocenters. The second kappa shape index (κ2) is 6.25. The zero-order valence-electron chi connectivity index (χ0n) is 15.2. The fraction of sp³-hybridized carbons (Fsp3) is 0.0870. The maximum Gasteiger partial charge on any atom is 0.267 e. The fourth-order valence-corrected chi connectivity index (χ4v) is 4.53. The maximum atomic E-state index is 6.15. The van der Waals surface area contributed by atoms with E-state index in [-0.39, 0.29) is 0 Å². The van der Waals surface area contributed by atoms with Crippen LogP contribution in [-0.2, 0) is 7.05 Å². The smallest absolute Gasteiger partial charge is 0.267 e. The summed E-state index contributed by atoms with van der Waals surface area (Å²) < 4.78 is 9.63.